The number of halogens is 3. The number of carbonyl (C=O) groups excluding carboxylic acids is 1. The Kier molecular flexibility index (Phi) is 6.27. The van der Waals surface area contributed by atoms with E-state index in [1.807, 2.05) is 48.5 Å². The molecule has 1 amide bonds. The molecule has 3 aromatic carbocycles. The molecule has 0 aliphatic carbocycles. The average Bonchev–Trinajstić information content (AvgIpc) is 2.78. The molecule has 0 spiro atoms. The molecule has 2 aliphatic heterocycles. The van der Waals surface area contributed by atoms with Gasteiger partial charge in [0.05, 0.1) is 16.9 Å². The summed E-state index contributed by atoms with van der Waals surface area (Å²) in [5.41, 5.74) is 4.29. The van der Waals surface area contributed by atoms with Gasteiger partial charge in [0.25, 0.3) is 5.91 Å². The number of carbonyl (C=O) groups is 1. The van der Waals surface area contributed by atoms with Gasteiger partial charge >= 0.3 is 0 Å². The first-order valence-corrected chi connectivity index (χ1v) is 12.7. The van der Waals surface area contributed by atoms with Crippen molar-refractivity contribution in [3.63, 3.8) is 0 Å². The van der Waals surface area contributed by atoms with Crippen molar-refractivity contribution >= 4 is 67.8 Å². The van der Waals surface area contributed by atoms with Crippen molar-refractivity contribution in [3.05, 3.63) is 80.7 Å². The van der Waals surface area contributed by atoms with Crippen LogP contribution in [-0.4, -0.2) is 37.7 Å². The summed E-state index contributed by atoms with van der Waals surface area (Å²) in [6.45, 7) is 7.54. The first-order chi connectivity index (χ1) is 16.2. The predicted molar refractivity (Wildman–Crippen MR) is 145 cm³/mol. The van der Waals surface area contributed by atoms with Gasteiger partial charge in [-0.25, -0.2) is 0 Å². The van der Waals surface area contributed by atoms with E-state index in [0.717, 1.165) is 46.9 Å². The van der Waals surface area contributed by atoms with E-state index in [0.29, 0.717) is 22.3 Å². The van der Waals surface area contributed by atoms with E-state index in [4.69, 9.17) is 23.2 Å². The molecule has 1 fully saturated rings. The van der Waals surface area contributed by atoms with Crippen molar-refractivity contribution in [1.29, 1.82) is 0 Å². The number of nitrogens with one attached hydrogen (secondary N) is 1. The van der Waals surface area contributed by atoms with E-state index in [1.165, 1.54) is 0 Å². The fourth-order valence-electron chi connectivity index (χ4n) is 4.70. The Hall–Kier alpha value is -2.25. The van der Waals surface area contributed by atoms with Gasteiger partial charge in [-0.15, -0.1) is 0 Å². The largest absolute Gasteiger partial charge is 0.368 e. The van der Waals surface area contributed by atoms with Crippen LogP contribution in [0.1, 0.15) is 24.2 Å². The van der Waals surface area contributed by atoms with Gasteiger partial charge in [-0.2, -0.15) is 0 Å². The zero-order valence-electron chi connectivity index (χ0n) is 19.0. The lowest BCUT2D eigenvalue weighted by atomic mass is 10.0. The lowest BCUT2D eigenvalue weighted by Crippen LogP contribution is -2.57. The van der Waals surface area contributed by atoms with Crippen LogP contribution in [0.25, 0.3) is 0 Å². The van der Waals surface area contributed by atoms with Gasteiger partial charge in [0, 0.05) is 51.1 Å². The van der Waals surface area contributed by atoms with Crippen molar-refractivity contribution in [2.45, 2.75) is 19.4 Å². The van der Waals surface area contributed by atoms with Crippen LogP contribution in [0.15, 0.2) is 65.1 Å². The van der Waals surface area contributed by atoms with Gasteiger partial charge in [-0.05, 0) is 78.3 Å². The molecule has 3 aromatic rings. The van der Waals surface area contributed by atoms with Crippen LogP contribution in [0, 0.1) is 0 Å². The minimum atomic E-state index is -0.0390. The highest BCUT2D eigenvalue weighted by Crippen LogP contribution is 2.39. The second kappa shape index (κ2) is 9.08. The number of rotatable bonds is 3. The molecule has 0 atom stereocenters. The van der Waals surface area contributed by atoms with Crippen molar-refractivity contribution in [3.8, 4) is 0 Å². The fraction of sp³-hybridized carbons (Fsp3) is 0.269. The SMILES string of the molecule is CC1(C)CN(c2ccc(N3CN(c4cc(Cl)cc(Cl)c4)c4ccccc4C3=O)cc2Br)CCN1. The highest BCUT2D eigenvalue weighted by atomic mass is 79.9. The van der Waals surface area contributed by atoms with Crippen LogP contribution in [-0.2, 0) is 0 Å². The maximum Gasteiger partial charge on any atom is 0.261 e. The summed E-state index contributed by atoms with van der Waals surface area (Å²) in [4.78, 5) is 19.7. The van der Waals surface area contributed by atoms with E-state index >= 15 is 0 Å². The molecule has 2 aliphatic rings. The van der Waals surface area contributed by atoms with Crippen molar-refractivity contribution < 1.29 is 4.79 Å². The number of hydrogen-bond donors (Lipinski definition) is 1. The monoisotopic (exact) mass is 558 g/mol. The second-order valence-corrected chi connectivity index (χ2v) is 11.0. The number of anilines is 4. The third kappa shape index (κ3) is 4.52. The van der Waals surface area contributed by atoms with Crippen molar-refractivity contribution in [1.82, 2.24) is 5.32 Å². The minimum Gasteiger partial charge on any atom is -0.368 e. The third-order valence-electron chi connectivity index (χ3n) is 6.27. The molecule has 8 heteroatoms. The van der Waals surface area contributed by atoms with E-state index in [9.17, 15) is 4.79 Å². The van der Waals surface area contributed by atoms with Crippen LogP contribution < -0.4 is 20.0 Å². The van der Waals surface area contributed by atoms with Gasteiger partial charge in [-0.3, -0.25) is 9.69 Å². The van der Waals surface area contributed by atoms with Gasteiger partial charge in [-0.1, -0.05) is 35.3 Å². The van der Waals surface area contributed by atoms with Crippen molar-refractivity contribution in [2.24, 2.45) is 0 Å². The molecule has 0 bridgehead atoms. The molecule has 1 saturated heterocycles. The fourth-order valence-corrected chi connectivity index (χ4v) is 5.83. The van der Waals surface area contributed by atoms with Crippen molar-refractivity contribution in [2.75, 3.05) is 41.0 Å². The molecule has 2 heterocycles. The maximum absolute atomic E-state index is 13.5. The normalized spacial score (nSPS) is 17.7. The number of piperazine rings is 1. The predicted octanol–water partition coefficient (Wildman–Crippen LogP) is 6.70. The van der Waals surface area contributed by atoms with Crippen LogP contribution in [0.3, 0.4) is 0 Å². The summed E-state index contributed by atoms with van der Waals surface area (Å²) in [6, 6.07) is 19.2. The Labute approximate surface area is 218 Å². The Bertz CT molecular complexity index is 1250. The Balaban J connectivity index is 1.51. The van der Waals surface area contributed by atoms with Crippen LogP contribution in [0.5, 0.6) is 0 Å². The number of fused-ring (bicyclic) bond motifs is 1. The zero-order valence-corrected chi connectivity index (χ0v) is 22.1. The summed E-state index contributed by atoms with van der Waals surface area (Å²) in [5, 5.41) is 4.65. The van der Waals surface area contributed by atoms with Gasteiger partial charge in [0.15, 0.2) is 0 Å². The van der Waals surface area contributed by atoms with Crippen LogP contribution in [0.4, 0.5) is 22.7 Å². The molecular formula is C26H25BrCl2N4O. The second-order valence-electron chi connectivity index (χ2n) is 9.32. The van der Waals surface area contributed by atoms with E-state index < -0.39 is 0 Å². The molecule has 0 unspecified atom stereocenters. The number of amides is 1. The molecule has 176 valence electrons. The standard InChI is InChI=1S/C26H25BrCl2N4O/c1-26(2)15-31(10-9-30-26)24-8-7-19(14-22(24)27)33-16-32(20-12-17(28)11-18(29)13-20)23-6-4-3-5-21(23)25(33)34/h3-8,11-14,30H,9-10,15-16H2,1-2H3. The molecule has 5 nitrogen and oxygen atoms in total. The van der Waals surface area contributed by atoms with Gasteiger partial charge in [0.1, 0.15) is 6.67 Å². The molecular weight excluding hydrogens is 535 g/mol. The number of benzene rings is 3. The number of para-hydroxylation sites is 1. The Morgan fingerprint density at radius 2 is 1.65 bits per heavy atom. The summed E-state index contributed by atoms with van der Waals surface area (Å²) in [7, 11) is 0. The molecule has 0 saturated carbocycles. The molecule has 5 rings (SSSR count). The van der Waals surface area contributed by atoms with E-state index in [-0.39, 0.29) is 11.4 Å². The van der Waals surface area contributed by atoms with Gasteiger partial charge in [0.2, 0.25) is 0 Å². The van der Waals surface area contributed by atoms with E-state index in [2.05, 4.69) is 51.0 Å². The summed E-state index contributed by atoms with van der Waals surface area (Å²) < 4.78 is 0.965. The average molecular weight is 560 g/mol. The molecule has 0 aromatic heterocycles. The van der Waals surface area contributed by atoms with Crippen LogP contribution in [0.2, 0.25) is 10.0 Å². The summed E-state index contributed by atoms with van der Waals surface area (Å²) >= 11 is 16.4. The third-order valence-corrected chi connectivity index (χ3v) is 7.34. The minimum absolute atomic E-state index is 0.0390. The first kappa shape index (κ1) is 23.5. The highest BCUT2D eigenvalue weighted by molar-refractivity contribution is 9.10. The lowest BCUT2D eigenvalue weighted by Gasteiger charge is -2.41. The molecule has 0 radical (unpaired) electrons. The van der Waals surface area contributed by atoms with Crippen LogP contribution >= 0.6 is 39.1 Å². The first-order valence-electron chi connectivity index (χ1n) is 11.2. The number of nitrogens with zero attached hydrogens (tertiary/aromatic N) is 3. The molecule has 34 heavy (non-hydrogen) atoms. The summed E-state index contributed by atoms with van der Waals surface area (Å²) in [6.07, 6.45) is 0. The lowest BCUT2D eigenvalue weighted by molar-refractivity contribution is 0.0983. The van der Waals surface area contributed by atoms with Gasteiger partial charge < -0.3 is 15.1 Å². The van der Waals surface area contributed by atoms with E-state index in [1.54, 1.807) is 11.0 Å². The highest BCUT2D eigenvalue weighted by Gasteiger charge is 2.32. The maximum atomic E-state index is 13.5. The quantitative estimate of drug-likeness (QED) is 0.387. The number of hydrogen-bond acceptors (Lipinski definition) is 4. The Morgan fingerprint density at radius 1 is 0.912 bits per heavy atom. The molecule has 1 N–H and O–H groups in total. The smallest absolute Gasteiger partial charge is 0.261 e. The summed E-state index contributed by atoms with van der Waals surface area (Å²) in [5.74, 6) is -0.0390. The topological polar surface area (TPSA) is 38.8 Å². The Morgan fingerprint density at radius 3 is 2.35 bits per heavy atom. The zero-order chi connectivity index (χ0) is 24.0.